The molecule has 2 aromatic rings. The number of hydrogen-bond donors (Lipinski definition) is 2. The highest BCUT2D eigenvalue weighted by Gasteiger charge is 2.08. The van der Waals surface area contributed by atoms with Crippen LogP contribution in [0.4, 0.5) is 0 Å². The molecule has 0 unspecified atom stereocenters. The molecule has 0 spiro atoms. The molecule has 0 saturated carbocycles. The van der Waals surface area contributed by atoms with Crippen LogP contribution in [-0.2, 0) is 13.0 Å². The highest BCUT2D eigenvalue weighted by Crippen LogP contribution is 2.22. The number of benzene rings is 1. The van der Waals surface area contributed by atoms with Crippen LogP contribution >= 0.6 is 11.6 Å². The maximum absolute atomic E-state index is 6.28. The van der Waals surface area contributed by atoms with Gasteiger partial charge in [-0.2, -0.15) is 0 Å². The van der Waals surface area contributed by atoms with Crippen molar-refractivity contribution in [2.45, 2.75) is 39.7 Å². The van der Waals surface area contributed by atoms with Crippen LogP contribution in [0.15, 0.2) is 33.8 Å². The minimum Gasteiger partial charge on any atom is -0.497 e. The van der Waals surface area contributed by atoms with Crippen LogP contribution in [0.25, 0.3) is 0 Å². The molecule has 0 atom stereocenters. The van der Waals surface area contributed by atoms with Crippen molar-refractivity contribution < 1.29 is 9.26 Å². The lowest BCUT2D eigenvalue weighted by Gasteiger charge is -2.12. The van der Waals surface area contributed by atoms with Gasteiger partial charge >= 0.3 is 0 Å². The Labute approximate surface area is 160 Å². The molecule has 1 aromatic carbocycles. The lowest BCUT2D eigenvalue weighted by atomic mass is 10.1. The minimum atomic E-state index is 0.345. The molecule has 0 saturated heterocycles. The van der Waals surface area contributed by atoms with E-state index in [1.165, 1.54) is 0 Å². The molecule has 142 valence electrons. The lowest BCUT2D eigenvalue weighted by molar-refractivity contribution is 0.376. The zero-order chi connectivity index (χ0) is 18.9. The molecule has 2 rings (SSSR count). The van der Waals surface area contributed by atoms with Gasteiger partial charge in [0.1, 0.15) is 12.3 Å². The van der Waals surface area contributed by atoms with E-state index in [9.17, 15) is 0 Å². The number of aliphatic imine (C=N–C) groups is 1. The van der Waals surface area contributed by atoms with Crippen molar-refractivity contribution in [1.82, 2.24) is 15.8 Å². The van der Waals surface area contributed by atoms with Gasteiger partial charge in [0.2, 0.25) is 0 Å². The van der Waals surface area contributed by atoms with E-state index in [-0.39, 0.29) is 0 Å². The molecule has 0 aliphatic heterocycles. The second-order valence-electron chi connectivity index (χ2n) is 6.20. The summed E-state index contributed by atoms with van der Waals surface area (Å²) in [6.07, 6.45) is 0.785. The summed E-state index contributed by atoms with van der Waals surface area (Å²) in [7, 11) is 1.63. The van der Waals surface area contributed by atoms with Crippen LogP contribution in [0.5, 0.6) is 5.75 Å². The Bertz CT molecular complexity index is 728. The van der Waals surface area contributed by atoms with Gasteiger partial charge in [-0.05, 0) is 37.0 Å². The van der Waals surface area contributed by atoms with Crippen molar-refractivity contribution in [2.75, 3.05) is 20.2 Å². The van der Waals surface area contributed by atoms with E-state index in [0.29, 0.717) is 24.0 Å². The number of guanidine groups is 1. The second kappa shape index (κ2) is 10.1. The molecular weight excluding hydrogens is 352 g/mol. The number of rotatable bonds is 8. The van der Waals surface area contributed by atoms with E-state index in [2.05, 4.69) is 34.6 Å². The third-order valence-electron chi connectivity index (χ3n) is 3.85. The normalized spacial score (nSPS) is 11.7. The summed E-state index contributed by atoms with van der Waals surface area (Å²) in [6.45, 7) is 8.14. The third-order valence-corrected chi connectivity index (χ3v) is 4.20. The van der Waals surface area contributed by atoms with Gasteiger partial charge in [-0.3, -0.25) is 0 Å². The largest absolute Gasteiger partial charge is 0.497 e. The Hall–Kier alpha value is -2.21. The molecule has 0 fully saturated rings. The van der Waals surface area contributed by atoms with Crippen molar-refractivity contribution in [3.63, 3.8) is 0 Å². The number of methoxy groups -OCH3 is 1. The minimum absolute atomic E-state index is 0.345. The van der Waals surface area contributed by atoms with E-state index in [4.69, 9.17) is 20.9 Å². The number of aromatic nitrogens is 1. The van der Waals surface area contributed by atoms with Crippen molar-refractivity contribution in [3.05, 3.63) is 46.3 Å². The number of hydrogen-bond acceptors (Lipinski definition) is 4. The van der Waals surface area contributed by atoms with Gasteiger partial charge in [0.15, 0.2) is 11.7 Å². The van der Waals surface area contributed by atoms with Gasteiger partial charge in [0.25, 0.3) is 0 Å². The molecule has 2 N–H and O–H groups in total. The lowest BCUT2D eigenvalue weighted by Crippen LogP contribution is -2.38. The molecule has 0 bridgehead atoms. The summed E-state index contributed by atoms with van der Waals surface area (Å²) in [5.41, 5.74) is 2.01. The van der Waals surface area contributed by atoms with Crippen LogP contribution < -0.4 is 15.4 Å². The first-order valence-electron chi connectivity index (χ1n) is 8.83. The van der Waals surface area contributed by atoms with Gasteiger partial charge in [-0.25, -0.2) is 4.99 Å². The zero-order valence-electron chi connectivity index (χ0n) is 15.8. The highest BCUT2D eigenvalue weighted by atomic mass is 35.5. The number of nitrogens with one attached hydrogen (secondary N) is 2. The molecule has 6 nitrogen and oxygen atoms in total. The van der Waals surface area contributed by atoms with E-state index >= 15 is 0 Å². The fourth-order valence-corrected chi connectivity index (χ4v) is 2.61. The van der Waals surface area contributed by atoms with Gasteiger partial charge < -0.3 is 19.9 Å². The van der Waals surface area contributed by atoms with E-state index < -0.39 is 0 Å². The Morgan fingerprint density at radius 3 is 2.73 bits per heavy atom. The number of nitrogens with zero attached hydrogens (tertiary/aromatic N) is 2. The summed E-state index contributed by atoms with van der Waals surface area (Å²) in [4.78, 5) is 4.55. The van der Waals surface area contributed by atoms with Gasteiger partial charge in [0.05, 0.1) is 12.8 Å². The quantitative estimate of drug-likeness (QED) is 0.540. The monoisotopic (exact) mass is 378 g/mol. The fraction of sp³-hybridized carbons (Fsp3) is 0.474. The molecular formula is C19H27ClN4O2. The highest BCUT2D eigenvalue weighted by molar-refractivity contribution is 6.31. The maximum Gasteiger partial charge on any atom is 0.191 e. The van der Waals surface area contributed by atoms with Crippen molar-refractivity contribution in [1.29, 1.82) is 0 Å². The Morgan fingerprint density at radius 2 is 2.12 bits per heavy atom. The first-order valence-corrected chi connectivity index (χ1v) is 9.21. The molecule has 26 heavy (non-hydrogen) atoms. The van der Waals surface area contributed by atoms with Gasteiger partial charge in [-0.1, -0.05) is 36.7 Å². The topological polar surface area (TPSA) is 71.7 Å². The molecule has 0 amide bonds. The third kappa shape index (κ3) is 5.95. The SMILES string of the molecule is CCNC(=NCc1cc(C(C)C)no1)NCCc1ccc(OC)cc1Cl. The summed E-state index contributed by atoms with van der Waals surface area (Å²) in [5.74, 6) is 2.59. The molecule has 1 heterocycles. The molecule has 0 aliphatic carbocycles. The maximum atomic E-state index is 6.28. The van der Waals surface area contributed by atoms with Crippen LogP contribution in [0.2, 0.25) is 5.02 Å². The van der Waals surface area contributed by atoms with E-state index in [1.807, 2.05) is 31.2 Å². The Morgan fingerprint density at radius 1 is 1.31 bits per heavy atom. The van der Waals surface area contributed by atoms with Gasteiger partial charge in [-0.15, -0.1) is 0 Å². The second-order valence-corrected chi connectivity index (χ2v) is 6.61. The number of ether oxygens (including phenoxy) is 1. The van der Waals surface area contributed by atoms with Crippen LogP contribution in [0.3, 0.4) is 0 Å². The first kappa shape index (κ1) is 20.1. The molecule has 1 aromatic heterocycles. The predicted molar refractivity (Wildman–Crippen MR) is 105 cm³/mol. The summed E-state index contributed by atoms with van der Waals surface area (Å²) < 4.78 is 10.5. The summed E-state index contributed by atoms with van der Waals surface area (Å²) >= 11 is 6.28. The Balaban J connectivity index is 1.90. The zero-order valence-corrected chi connectivity index (χ0v) is 16.6. The van der Waals surface area contributed by atoms with E-state index in [0.717, 1.165) is 41.7 Å². The van der Waals surface area contributed by atoms with Crippen LogP contribution in [0.1, 0.15) is 43.7 Å². The smallest absolute Gasteiger partial charge is 0.191 e. The van der Waals surface area contributed by atoms with Crippen molar-refractivity contribution in [3.8, 4) is 5.75 Å². The standard InChI is InChI=1S/C19H27ClN4O2/c1-5-21-19(23-12-16-11-18(13(2)3)24-26-16)22-9-8-14-6-7-15(25-4)10-17(14)20/h6-7,10-11,13H,5,8-9,12H2,1-4H3,(H2,21,22,23). The summed E-state index contributed by atoms with van der Waals surface area (Å²) in [5, 5.41) is 11.3. The Kier molecular flexibility index (Phi) is 7.78. The fourth-order valence-electron chi connectivity index (χ4n) is 2.35. The molecule has 7 heteroatoms. The van der Waals surface area contributed by atoms with Crippen molar-refractivity contribution in [2.24, 2.45) is 4.99 Å². The predicted octanol–water partition coefficient (Wildman–Crippen LogP) is 3.76. The average Bonchev–Trinajstić information content (AvgIpc) is 3.10. The van der Waals surface area contributed by atoms with Crippen molar-refractivity contribution >= 4 is 17.6 Å². The van der Waals surface area contributed by atoms with Crippen LogP contribution in [-0.4, -0.2) is 31.3 Å². The molecule has 0 radical (unpaired) electrons. The first-order chi connectivity index (χ1) is 12.5. The van der Waals surface area contributed by atoms with Gasteiger partial charge in [0, 0.05) is 24.2 Å². The average molecular weight is 379 g/mol. The number of halogens is 1. The van der Waals surface area contributed by atoms with Crippen LogP contribution in [0, 0.1) is 0 Å². The molecule has 0 aliphatic rings. The van der Waals surface area contributed by atoms with E-state index in [1.54, 1.807) is 7.11 Å². The summed E-state index contributed by atoms with van der Waals surface area (Å²) in [6, 6.07) is 7.67.